The summed E-state index contributed by atoms with van der Waals surface area (Å²) >= 11 is 1.41. The molecule has 0 saturated carbocycles. The molecule has 3 N–H and O–H groups in total. The molecule has 0 aliphatic heterocycles. The second kappa shape index (κ2) is 8.27. The summed E-state index contributed by atoms with van der Waals surface area (Å²) in [5.74, 6) is -0.748. The summed E-state index contributed by atoms with van der Waals surface area (Å²) in [5, 5.41) is 14.5. The molecule has 0 unspecified atom stereocenters. The number of anilines is 1. The third-order valence-corrected chi connectivity index (χ3v) is 4.36. The Balaban J connectivity index is 2.13. The van der Waals surface area contributed by atoms with Gasteiger partial charge in [0.2, 0.25) is 0 Å². The summed E-state index contributed by atoms with van der Waals surface area (Å²) in [6, 6.07) is 10.2. The molecular formula is C18H20N4OS. The Hall–Kier alpha value is -2.65. The van der Waals surface area contributed by atoms with E-state index in [9.17, 15) is 4.79 Å². The van der Waals surface area contributed by atoms with Crippen molar-refractivity contribution in [1.29, 1.82) is 5.26 Å². The fraction of sp³-hybridized carbons (Fsp3) is 0.278. The highest BCUT2D eigenvalue weighted by Gasteiger charge is 2.11. The van der Waals surface area contributed by atoms with Crippen molar-refractivity contribution < 1.29 is 4.79 Å². The van der Waals surface area contributed by atoms with Crippen molar-refractivity contribution >= 4 is 22.4 Å². The average Bonchev–Trinajstić information content (AvgIpc) is 3.02. The molecule has 0 saturated heterocycles. The number of aromatic nitrogens is 1. The minimum absolute atomic E-state index is 0.0907. The number of benzene rings is 1. The fourth-order valence-electron chi connectivity index (χ4n) is 2.23. The van der Waals surface area contributed by atoms with Crippen LogP contribution in [0.2, 0.25) is 0 Å². The van der Waals surface area contributed by atoms with E-state index in [2.05, 4.69) is 41.5 Å². The predicted octanol–water partition coefficient (Wildman–Crippen LogP) is 3.85. The van der Waals surface area contributed by atoms with Crippen LogP contribution in [0.25, 0.3) is 11.3 Å². The summed E-state index contributed by atoms with van der Waals surface area (Å²) < 4.78 is 0. The SMILES string of the molecule is CCCCc1ccc(-c2csc(N/C(C)=C(/C#N)C(N)=O)n2)cc1. The van der Waals surface area contributed by atoms with Crippen molar-refractivity contribution in [2.75, 3.05) is 5.32 Å². The predicted molar refractivity (Wildman–Crippen MR) is 97.3 cm³/mol. The van der Waals surface area contributed by atoms with Crippen LogP contribution < -0.4 is 11.1 Å². The van der Waals surface area contributed by atoms with E-state index in [1.54, 1.807) is 13.0 Å². The summed E-state index contributed by atoms with van der Waals surface area (Å²) in [6.07, 6.45) is 3.47. The second-order valence-corrected chi connectivity index (χ2v) is 6.30. The zero-order chi connectivity index (χ0) is 17.5. The van der Waals surface area contributed by atoms with E-state index in [0.717, 1.165) is 17.7 Å². The van der Waals surface area contributed by atoms with E-state index in [1.165, 1.54) is 29.7 Å². The van der Waals surface area contributed by atoms with E-state index < -0.39 is 5.91 Å². The molecule has 6 heteroatoms. The molecule has 0 bridgehead atoms. The Morgan fingerprint density at radius 1 is 1.38 bits per heavy atom. The van der Waals surface area contributed by atoms with E-state index in [1.807, 2.05) is 5.38 Å². The number of hydrogen-bond acceptors (Lipinski definition) is 5. The van der Waals surface area contributed by atoms with Gasteiger partial charge in [-0.05, 0) is 25.3 Å². The molecule has 1 amide bonds. The Morgan fingerprint density at radius 2 is 2.08 bits per heavy atom. The van der Waals surface area contributed by atoms with Crippen LogP contribution in [-0.2, 0) is 11.2 Å². The molecule has 2 rings (SSSR count). The lowest BCUT2D eigenvalue weighted by molar-refractivity contribution is -0.114. The Labute approximate surface area is 145 Å². The molecule has 0 spiro atoms. The Morgan fingerprint density at radius 3 is 2.67 bits per heavy atom. The number of carbonyl (C=O) groups is 1. The number of rotatable bonds is 7. The number of amides is 1. The van der Waals surface area contributed by atoms with Gasteiger partial charge >= 0.3 is 0 Å². The fourth-order valence-corrected chi connectivity index (χ4v) is 3.01. The first-order chi connectivity index (χ1) is 11.5. The minimum atomic E-state index is -0.748. The molecule has 1 heterocycles. The van der Waals surface area contributed by atoms with E-state index >= 15 is 0 Å². The number of aryl methyl sites for hydroxylation is 1. The number of nitrogens with zero attached hydrogens (tertiary/aromatic N) is 2. The van der Waals surface area contributed by atoms with Gasteiger partial charge in [-0.25, -0.2) is 4.98 Å². The highest BCUT2D eigenvalue weighted by Crippen LogP contribution is 2.26. The third kappa shape index (κ3) is 4.43. The molecule has 1 aromatic carbocycles. The molecule has 1 aromatic heterocycles. The summed E-state index contributed by atoms with van der Waals surface area (Å²) in [6.45, 7) is 3.82. The zero-order valence-corrected chi connectivity index (χ0v) is 14.6. The van der Waals surface area contributed by atoms with Crippen LogP contribution in [0.5, 0.6) is 0 Å². The quantitative estimate of drug-likeness (QED) is 0.591. The first-order valence-electron chi connectivity index (χ1n) is 7.77. The van der Waals surface area contributed by atoms with Crippen molar-refractivity contribution in [3.05, 3.63) is 46.5 Å². The Kier molecular flexibility index (Phi) is 6.10. The number of nitriles is 1. The van der Waals surface area contributed by atoms with Gasteiger partial charge in [0, 0.05) is 16.6 Å². The third-order valence-electron chi connectivity index (χ3n) is 3.60. The first-order valence-corrected chi connectivity index (χ1v) is 8.65. The van der Waals surface area contributed by atoms with Gasteiger partial charge in [0.15, 0.2) is 5.13 Å². The number of carbonyl (C=O) groups excluding carboxylic acids is 1. The lowest BCUT2D eigenvalue weighted by atomic mass is 10.1. The van der Waals surface area contributed by atoms with Gasteiger partial charge in [-0.15, -0.1) is 11.3 Å². The van der Waals surface area contributed by atoms with Crippen LogP contribution in [0.3, 0.4) is 0 Å². The van der Waals surface area contributed by atoms with Gasteiger partial charge in [-0.3, -0.25) is 4.79 Å². The van der Waals surface area contributed by atoms with Crippen LogP contribution in [0, 0.1) is 11.3 Å². The second-order valence-electron chi connectivity index (χ2n) is 5.44. The van der Waals surface area contributed by atoms with Gasteiger partial charge in [0.25, 0.3) is 5.91 Å². The van der Waals surface area contributed by atoms with Crippen molar-refractivity contribution in [2.24, 2.45) is 5.73 Å². The maximum atomic E-state index is 11.2. The number of nitrogens with one attached hydrogen (secondary N) is 1. The molecule has 124 valence electrons. The number of nitrogens with two attached hydrogens (primary N) is 1. The lowest BCUT2D eigenvalue weighted by Gasteiger charge is -2.04. The summed E-state index contributed by atoms with van der Waals surface area (Å²) in [4.78, 5) is 15.7. The van der Waals surface area contributed by atoms with Crippen molar-refractivity contribution in [3.63, 3.8) is 0 Å². The first kappa shape index (κ1) is 17.7. The monoisotopic (exact) mass is 340 g/mol. The van der Waals surface area contributed by atoms with Crippen molar-refractivity contribution in [1.82, 2.24) is 4.98 Å². The number of thiazole rings is 1. The molecule has 0 radical (unpaired) electrons. The van der Waals surface area contributed by atoms with E-state index in [4.69, 9.17) is 11.0 Å². The summed E-state index contributed by atoms with van der Waals surface area (Å²) in [5.41, 5.74) is 8.71. The van der Waals surface area contributed by atoms with E-state index in [-0.39, 0.29) is 5.57 Å². The molecule has 2 aromatic rings. The molecule has 0 aliphatic rings. The molecule has 0 atom stereocenters. The van der Waals surface area contributed by atoms with Gasteiger partial charge in [0.05, 0.1) is 5.69 Å². The van der Waals surface area contributed by atoms with Crippen LogP contribution in [0.15, 0.2) is 40.9 Å². The number of primary amides is 1. The van der Waals surface area contributed by atoms with Gasteiger partial charge in [-0.1, -0.05) is 37.6 Å². The van der Waals surface area contributed by atoms with Crippen LogP contribution in [-0.4, -0.2) is 10.9 Å². The number of hydrogen-bond donors (Lipinski definition) is 2. The van der Waals surface area contributed by atoms with Crippen LogP contribution >= 0.6 is 11.3 Å². The van der Waals surface area contributed by atoms with Crippen LogP contribution in [0.1, 0.15) is 32.3 Å². The number of unbranched alkanes of at least 4 members (excludes halogenated alkanes) is 1. The van der Waals surface area contributed by atoms with Gasteiger partial charge < -0.3 is 11.1 Å². The molecule has 0 aliphatic carbocycles. The topological polar surface area (TPSA) is 91.8 Å². The highest BCUT2D eigenvalue weighted by atomic mass is 32.1. The Bertz CT molecular complexity index is 784. The van der Waals surface area contributed by atoms with Crippen molar-refractivity contribution in [2.45, 2.75) is 33.1 Å². The van der Waals surface area contributed by atoms with Crippen molar-refractivity contribution in [3.8, 4) is 17.3 Å². The smallest absolute Gasteiger partial charge is 0.261 e. The molecular weight excluding hydrogens is 320 g/mol. The standard InChI is InChI=1S/C18H20N4OS/c1-3-4-5-13-6-8-14(9-7-13)16-11-24-18(22-16)21-12(2)15(10-19)17(20)23/h6-9,11H,3-5H2,1-2H3,(H2,20,23)(H,21,22)/b15-12-. The molecule has 24 heavy (non-hydrogen) atoms. The van der Waals surface area contributed by atoms with Gasteiger partial charge in [0.1, 0.15) is 11.6 Å². The van der Waals surface area contributed by atoms with E-state index in [0.29, 0.717) is 10.8 Å². The summed E-state index contributed by atoms with van der Waals surface area (Å²) in [7, 11) is 0. The van der Waals surface area contributed by atoms with Crippen LogP contribution in [0.4, 0.5) is 5.13 Å². The zero-order valence-electron chi connectivity index (χ0n) is 13.8. The normalized spacial score (nSPS) is 11.5. The minimum Gasteiger partial charge on any atom is -0.365 e. The maximum Gasteiger partial charge on any atom is 0.261 e. The molecule has 0 fully saturated rings. The molecule has 5 nitrogen and oxygen atoms in total. The average molecular weight is 340 g/mol. The number of allylic oxidation sites excluding steroid dienone is 1. The largest absolute Gasteiger partial charge is 0.365 e. The lowest BCUT2D eigenvalue weighted by Crippen LogP contribution is -2.16. The maximum absolute atomic E-state index is 11.2. The highest BCUT2D eigenvalue weighted by molar-refractivity contribution is 7.14. The van der Waals surface area contributed by atoms with Gasteiger partial charge in [-0.2, -0.15) is 5.26 Å².